The van der Waals surface area contributed by atoms with E-state index in [1.165, 1.54) is 24.5 Å². The van der Waals surface area contributed by atoms with Gasteiger partial charge in [0.1, 0.15) is 5.03 Å². The van der Waals surface area contributed by atoms with Gasteiger partial charge in [0.05, 0.1) is 0 Å². The van der Waals surface area contributed by atoms with Crippen molar-refractivity contribution in [3.05, 3.63) is 78.5 Å². The first-order valence-corrected chi connectivity index (χ1v) is 11.9. The molecule has 1 saturated heterocycles. The van der Waals surface area contributed by atoms with Crippen LogP contribution in [0.1, 0.15) is 29.9 Å². The van der Waals surface area contributed by atoms with E-state index in [-0.39, 0.29) is 5.91 Å². The number of nitrogens with one attached hydrogen (secondary N) is 2. The van der Waals surface area contributed by atoms with Crippen molar-refractivity contribution in [1.29, 1.82) is 0 Å². The standard InChI is InChI=1S/C26H29N5OS/c1-4-24(32)28-21-9-11-23(12-10-21)33-25-18(2)17-27-26(30-25)29-22-7-5-19(6-8-22)20-13-15-31(3)16-14-20/h4-12,17,20H,1,13-16H2,2-3H3,(H,28,32)(H,27,29,30). The first-order chi connectivity index (χ1) is 16.0. The average molecular weight is 460 g/mol. The van der Waals surface area contributed by atoms with Crippen LogP contribution in [-0.4, -0.2) is 40.9 Å². The summed E-state index contributed by atoms with van der Waals surface area (Å²) in [6.45, 7) is 7.79. The van der Waals surface area contributed by atoms with Crippen molar-refractivity contribution in [2.24, 2.45) is 0 Å². The summed E-state index contributed by atoms with van der Waals surface area (Å²) >= 11 is 1.57. The van der Waals surface area contributed by atoms with E-state index < -0.39 is 0 Å². The van der Waals surface area contributed by atoms with E-state index in [2.05, 4.69) is 58.4 Å². The molecule has 6 nitrogen and oxygen atoms in total. The molecule has 4 rings (SSSR count). The smallest absolute Gasteiger partial charge is 0.247 e. The zero-order chi connectivity index (χ0) is 23.2. The van der Waals surface area contributed by atoms with E-state index in [0.717, 1.165) is 39.9 Å². The van der Waals surface area contributed by atoms with E-state index in [1.807, 2.05) is 37.4 Å². The highest BCUT2D eigenvalue weighted by molar-refractivity contribution is 7.99. The summed E-state index contributed by atoms with van der Waals surface area (Å²) in [5.74, 6) is 0.993. The summed E-state index contributed by atoms with van der Waals surface area (Å²) < 4.78 is 0. The quantitative estimate of drug-likeness (QED) is 0.353. The first kappa shape index (κ1) is 23.0. The van der Waals surface area contributed by atoms with E-state index in [0.29, 0.717) is 11.9 Å². The van der Waals surface area contributed by atoms with Crippen LogP contribution >= 0.6 is 11.8 Å². The molecule has 1 fully saturated rings. The normalized spacial score (nSPS) is 14.6. The number of rotatable bonds is 7. The van der Waals surface area contributed by atoms with Crippen molar-refractivity contribution in [1.82, 2.24) is 14.9 Å². The number of amides is 1. The van der Waals surface area contributed by atoms with Gasteiger partial charge in [0.25, 0.3) is 0 Å². The Morgan fingerprint density at radius 2 is 1.76 bits per heavy atom. The van der Waals surface area contributed by atoms with Crippen LogP contribution in [-0.2, 0) is 4.79 Å². The number of anilines is 3. The van der Waals surface area contributed by atoms with Crippen molar-refractivity contribution >= 4 is 35.0 Å². The lowest BCUT2D eigenvalue weighted by molar-refractivity contribution is -0.111. The third-order valence-electron chi connectivity index (χ3n) is 5.80. The lowest BCUT2D eigenvalue weighted by Gasteiger charge is -2.29. The lowest BCUT2D eigenvalue weighted by atomic mass is 9.89. The molecular formula is C26H29N5OS. The minimum atomic E-state index is -0.225. The van der Waals surface area contributed by atoms with Gasteiger partial charge in [-0.15, -0.1) is 0 Å². The Bertz CT molecular complexity index is 1110. The van der Waals surface area contributed by atoms with Gasteiger partial charge in [-0.25, -0.2) is 9.97 Å². The molecule has 0 unspecified atom stereocenters. The number of piperidine rings is 1. The maximum Gasteiger partial charge on any atom is 0.247 e. The highest BCUT2D eigenvalue weighted by Gasteiger charge is 2.18. The number of hydrogen-bond donors (Lipinski definition) is 2. The molecule has 1 amide bonds. The number of likely N-dealkylation sites (tertiary alicyclic amines) is 1. The molecule has 2 N–H and O–H groups in total. The van der Waals surface area contributed by atoms with Crippen LogP contribution < -0.4 is 10.6 Å². The Labute approximate surface area is 199 Å². The number of aryl methyl sites for hydroxylation is 1. The zero-order valence-electron chi connectivity index (χ0n) is 19.0. The Balaban J connectivity index is 1.41. The Morgan fingerprint density at radius 3 is 2.42 bits per heavy atom. The lowest BCUT2D eigenvalue weighted by Crippen LogP contribution is -2.29. The Kier molecular flexibility index (Phi) is 7.42. The van der Waals surface area contributed by atoms with Gasteiger partial charge in [-0.05, 0) is 93.9 Å². The van der Waals surface area contributed by atoms with Crippen molar-refractivity contribution in [3.8, 4) is 0 Å². The predicted octanol–water partition coefficient (Wildman–Crippen LogP) is 5.61. The van der Waals surface area contributed by atoms with Crippen molar-refractivity contribution < 1.29 is 4.79 Å². The third kappa shape index (κ3) is 6.21. The molecule has 1 aliphatic rings. The molecule has 2 heterocycles. The molecule has 0 radical (unpaired) electrons. The number of nitrogens with zero attached hydrogens (tertiary/aromatic N) is 3. The second-order valence-corrected chi connectivity index (χ2v) is 9.39. The monoisotopic (exact) mass is 459 g/mol. The third-order valence-corrected chi connectivity index (χ3v) is 6.92. The SMILES string of the molecule is C=CC(=O)Nc1ccc(Sc2nc(Nc3ccc(C4CCN(C)CC4)cc3)ncc2C)cc1. The Morgan fingerprint density at radius 1 is 1.09 bits per heavy atom. The van der Waals surface area contributed by atoms with Crippen LogP contribution in [0, 0.1) is 6.92 Å². The summed E-state index contributed by atoms with van der Waals surface area (Å²) in [6, 6.07) is 16.3. The fourth-order valence-corrected chi connectivity index (χ4v) is 4.65. The molecule has 1 aliphatic heterocycles. The molecule has 170 valence electrons. The minimum Gasteiger partial charge on any atom is -0.324 e. The molecule has 0 atom stereocenters. The van der Waals surface area contributed by atoms with Crippen LogP contribution in [0.25, 0.3) is 0 Å². The van der Waals surface area contributed by atoms with E-state index >= 15 is 0 Å². The highest BCUT2D eigenvalue weighted by Crippen LogP contribution is 2.31. The van der Waals surface area contributed by atoms with Gasteiger partial charge < -0.3 is 15.5 Å². The summed E-state index contributed by atoms with van der Waals surface area (Å²) in [4.78, 5) is 24.0. The second-order valence-electron chi connectivity index (χ2n) is 8.33. The van der Waals surface area contributed by atoms with Crippen molar-refractivity contribution in [2.75, 3.05) is 30.8 Å². The predicted molar refractivity (Wildman–Crippen MR) is 135 cm³/mol. The maximum atomic E-state index is 11.4. The number of benzene rings is 2. The number of carbonyl (C=O) groups excluding carboxylic acids is 1. The molecule has 0 spiro atoms. The van der Waals surface area contributed by atoms with Gasteiger partial charge in [-0.2, -0.15) is 0 Å². The fourth-order valence-electron chi connectivity index (χ4n) is 3.81. The van der Waals surface area contributed by atoms with E-state index in [1.54, 1.807) is 11.8 Å². The number of hydrogen-bond acceptors (Lipinski definition) is 6. The van der Waals surface area contributed by atoms with Crippen LogP contribution in [0.2, 0.25) is 0 Å². The van der Waals surface area contributed by atoms with Crippen LogP contribution in [0.4, 0.5) is 17.3 Å². The summed E-state index contributed by atoms with van der Waals surface area (Å²) in [6.07, 6.45) is 5.52. The molecule has 33 heavy (non-hydrogen) atoms. The van der Waals surface area contributed by atoms with Crippen molar-refractivity contribution in [3.63, 3.8) is 0 Å². The molecule has 0 aliphatic carbocycles. The maximum absolute atomic E-state index is 11.4. The van der Waals surface area contributed by atoms with Gasteiger partial charge in [0.15, 0.2) is 0 Å². The van der Waals surface area contributed by atoms with Gasteiger partial charge >= 0.3 is 0 Å². The van der Waals surface area contributed by atoms with Gasteiger partial charge in [-0.1, -0.05) is 30.5 Å². The summed E-state index contributed by atoms with van der Waals surface area (Å²) in [5.41, 5.74) is 4.12. The summed E-state index contributed by atoms with van der Waals surface area (Å²) in [5, 5.41) is 6.97. The summed E-state index contributed by atoms with van der Waals surface area (Å²) in [7, 11) is 2.19. The fraction of sp³-hybridized carbons (Fsp3) is 0.269. The Hall–Kier alpha value is -3.16. The second kappa shape index (κ2) is 10.6. The molecule has 1 aromatic heterocycles. The topological polar surface area (TPSA) is 70.2 Å². The number of aromatic nitrogens is 2. The zero-order valence-corrected chi connectivity index (χ0v) is 19.9. The van der Waals surface area contributed by atoms with Crippen LogP contribution in [0.5, 0.6) is 0 Å². The van der Waals surface area contributed by atoms with Crippen LogP contribution in [0.15, 0.2) is 77.3 Å². The van der Waals surface area contributed by atoms with Crippen LogP contribution in [0.3, 0.4) is 0 Å². The number of carbonyl (C=O) groups is 1. The molecule has 0 saturated carbocycles. The first-order valence-electron chi connectivity index (χ1n) is 11.1. The molecule has 0 bridgehead atoms. The highest BCUT2D eigenvalue weighted by atomic mass is 32.2. The molecular weight excluding hydrogens is 430 g/mol. The minimum absolute atomic E-state index is 0.225. The van der Waals surface area contributed by atoms with Gasteiger partial charge in [0, 0.05) is 28.0 Å². The molecule has 2 aromatic carbocycles. The van der Waals surface area contributed by atoms with E-state index in [4.69, 9.17) is 4.98 Å². The van der Waals surface area contributed by atoms with E-state index in [9.17, 15) is 4.79 Å². The van der Waals surface area contributed by atoms with Gasteiger partial charge in [0.2, 0.25) is 11.9 Å². The average Bonchev–Trinajstić information content (AvgIpc) is 2.83. The largest absolute Gasteiger partial charge is 0.324 e. The molecule has 3 aromatic rings. The van der Waals surface area contributed by atoms with Crippen molar-refractivity contribution in [2.45, 2.75) is 35.6 Å². The molecule has 7 heteroatoms. The van der Waals surface area contributed by atoms with Gasteiger partial charge in [-0.3, -0.25) is 4.79 Å².